The third kappa shape index (κ3) is 3.89. The van der Waals surface area contributed by atoms with Crippen molar-refractivity contribution in [1.82, 2.24) is 14.9 Å². The number of carbonyl (C=O) groups excluding carboxylic acids is 2. The first-order valence-electron chi connectivity index (χ1n) is 9.93. The normalized spacial score (nSPS) is 17.1. The van der Waals surface area contributed by atoms with Gasteiger partial charge in [0.25, 0.3) is 0 Å². The molecule has 150 valence electrons. The van der Waals surface area contributed by atoms with Gasteiger partial charge in [0.2, 0.25) is 5.91 Å². The topological polar surface area (TPSA) is 72.4 Å². The zero-order valence-corrected chi connectivity index (χ0v) is 18.0. The van der Waals surface area contributed by atoms with Crippen LogP contribution in [0.4, 0.5) is 0 Å². The number of rotatable bonds is 5. The van der Waals surface area contributed by atoms with E-state index in [0.717, 1.165) is 28.5 Å². The van der Waals surface area contributed by atoms with Crippen LogP contribution in [-0.4, -0.2) is 52.2 Å². The highest BCUT2D eigenvalue weighted by Gasteiger charge is 2.28. The van der Waals surface area contributed by atoms with Gasteiger partial charge < -0.3 is 9.64 Å². The van der Waals surface area contributed by atoms with Gasteiger partial charge in [-0.05, 0) is 51.5 Å². The minimum atomic E-state index is -0.130. The summed E-state index contributed by atoms with van der Waals surface area (Å²) in [5.74, 6) is 1.05. The number of thiophene rings is 1. The van der Waals surface area contributed by atoms with Gasteiger partial charge in [0.05, 0.1) is 18.3 Å². The Bertz CT molecular complexity index is 904. The predicted molar refractivity (Wildman–Crippen MR) is 111 cm³/mol. The number of likely N-dealkylation sites (tertiary alicyclic amines) is 1. The molecular formula is C20H25N3O3S2. The van der Waals surface area contributed by atoms with Crippen molar-refractivity contribution in [3.8, 4) is 0 Å². The molecule has 1 fully saturated rings. The van der Waals surface area contributed by atoms with E-state index in [9.17, 15) is 9.59 Å². The van der Waals surface area contributed by atoms with Gasteiger partial charge in [0.15, 0.2) is 0 Å². The van der Waals surface area contributed by atoms with Crippen molar-refractivity contribution in [3.05, 3.63) is 16.3 Å². The van der Waals surface area contributed by atoms with Crippen LogP contribution in [0.15, 0.2) is 5.03 Å². The second-order valence-electron chi connectivity index (χ2n) is 7.31. The molecule has 0 atom stereocenters. The molecule has 0 unspecified atom stereocenters. The number of amides is 1. The summed E-state index contributed by atoms with van der Waals surface area (Å²) in [6.45, 7) is 5.39. The Kier molecular flexibility index (Phi) is 5.87. The molecule has 0 bridgehead atoms. The van der Waals surface area contributed by atoms with Gasteiger partial charge in [-0.1, -0.05) is 11.8 Å². The van der Waals surface area contributed by atoms with E-state index in [1.54, 1.807) is 11.3 Å². The van der Waals surface area contributed by atoms with Gasteiger partial charge in [0.1, 0.15) is 15.7 Å². The van der Waals surface area contributed by atoms with Crippen molar-refractivity contribution in [1.29, 1.82) is 0 Å². The smallest absolute Gasteiger partial charge is 0.309 e. The first-order valence-corrected chi connectivity index (χ1v) is 11.7. The van der Waals surface area contributed by atoms with E-state index >= 15 is 0 Å². The third-order valence-electron chi connectivity index (χ3n) is 5.44. The van der Waals surface area contributed by atoms with Crippen molar-refractivity contribution in [2.75, 3.05) is 25.4 Å². The molecule has 3 heterocycles. The fourth-order valence-corrected chi connectivity index (χ4v) is 6.39. The summed E-state index contributed by atoms with van der Waals surface area (Å²) in [6.07, 6.45) is 4.79. The third-order valence-corrected chi connectivity index (χ3v) is 7.59. The van der Waals surface area contributed by atoms with Gasteiger partial charge in [0, 0.05) is 23.4 Å². The summed E-state index contributed by atoms with van der Waals surface area (Å²) >= 11 is 3.30. The summed E-state index contributed by atoms with van der Waals surface area (Å²) in [4.78, 5) is 38.2. The summed E-state index contributed by atoms with van der Waals surface area (Å²) in [5.41, 5.74) is 1.39. The second-order valence-corrected chi connectivity index (χ2v) is 9.36. The standard InChI is InChI=1S/C20H25N3O3S2/c1-3-26-20(25)13-7-9-23(10-8-13)16(24)11-27-18-17-14-5-4-6-15(14)28-19(17)22-12(2)21-18/h13H,3-11H2,1-2H3. The summed E-state index contributed by atoms with van der Waals surface area (Å²) in [7, 11) is 0. The fraction of sp³-hybridized carbons (Fsp3) is 0.600. The van der Waals surface area contributed by atoms with Gasteiger partial charge in [-0.3, -0.25) is 9.59 Å². The minimum Gasteiger partial charge on any atom is -0.466 e. The number of piperidine rings is 1. The van der Waals surface area contributed by atoms with Crippen LogP contribution in [0.3, 0.4) is 0 Å². The average molecular weight is 420 g/mol. The molecular weight excluding hydrogens is 394 g/mol. The first kappa shape index (κ1) is 19.6. The molecule has 0 N–H and O–H groups in total. The molecule has 2 aliphatic rings. The van der Waals surface area contributed by atoms with Crippen LogP contribution in [0, 0.1) is 12.8 Å². The number of aryl methyl sites for hydroxylation is 3. The number of thioether (sulfide) groups is 1. The molecule has 0 saturated carbocycles. The number of esters is 1. The van der Waals surface area contributed by atoms with E-state index in [4.69, 9.17) is 4.74 Å². The lowest BCUT2D eigenvalue weighted by Gasteiger charge is -2.30. The highest BCUT2D eigenvalue weighted by Crippen LogP contribution is 2.40. The van der Waals surface area contributed by atoms with E-state index in [2.05, 4.69) is 9.97 Å². The molecule has 1 aliphatic carbocycles. The summed E-state index contributed by atoms with van der Waals surface area (Å²) in [5, 5.41) is 2.11. The molecule has 1 amide bonds. The summed E-state index contributed by atoms with van der Waals surface area (Å²) in [6, 6.07) is 0. The Hall–Kier alpha value is -1.67. The fourth-order valence-electron chi connectivity index (χ4n) is 4.01. The van der Waals surface area contributed by atoms with Crippen molar-refractivity contribution in [3.63, 3.8) is 0 Å². The number of fused-ring (bicyclic) bond motifs is 3. The quantitative estimate of drug-likeness (QED) is 0.420. The number of aromatic nitrogens is 2. The average Bonchev–Trinajstić information content (AvgIpc) is 3.26. The molecule has 1 aliphatic heterocycles. The maximum Gasteiger partial charge on any atom is 0.309 e. The Morgan fingerprint density at radius 1 is 1.25 bits per heavy atom. The molecule has 8 heteroatoms. The minimum absolute atomic E-state index is 0.0748. The number of carbonyl (C=O) groups is 2. The van der Waals surface area contributed by atoms with Gasteiger partial charge >= 0.3 is 5.97 Å². The molecule has 2 aromatic rings. The van der Waals surface area contributed by atoms with Crippen LogP contribution in [0.5, 0.6) is 0 Å². The lowest BCUT2D eigenvalue weighted by molar-refractivity contribution is -0.151. The maximum atomic E-state index is 12.7. The molecule has 0 spiro atoms. The van der Waals surface area contributed by atoms with Gasteiger partial charge in [-0.15, -0.1) is 11.3 Å². The van der Waals surface area contributed by atoms with E-state index in [0.29, 0.717) is 38.3 Å². The van der Waals surface area contributed by atoms with E-state index in [1.807, 2.05) is 18.7 Å². The lowest BCUT2D eigenvalue weighted by atomic mass is 9.97. The molecule has 0 radical (unpaired) electrons. The lowest BCUT2D eigenvalue weighted by Crippen LogP contribution is -2.41. The Labute approximate surface area is 173 Å². The van der Waals surface area contributed by atoms with Crippen LogP contribution in [-0.2, 0) is 27.2 Å². The zero-order chi connectivity index (χ0) is 19.7. The SMILES string of the molecule is CCOC(=O)C1CCN(C(=O)CSc2nc(C)nc3sc4c(c23)CCC4)CC1. The van der Waals surface area contributed by atoms with Crippen LogP contribution in [0.2, 0.25) is 0 Å². The number of ether oxygens (including phenoxy) is 1. The molecule has 4 rings (SSSR count). The van der Waals surface area contributed by atoms with Crippen LogP contribution in [0.1, 0.15) is 42.5 Å². The molecule has 2 aromatic heterocycles. The molecule has 6 nitrogen and oxygen atoms in total. The number of hydrogen-bond acceptors (Lipinski definition) is 7. The van der Waals surface area contributed by atoms with Crippen LogP contribution in [0.25, 0.3) is 10.2 Å². The van der Waals surface area contributed by atoms with E-state index in [-0.39, 0.29) is 17.8 Å². The first-order chi connectivity index (χ1) is 13.6. The van der Waals surface area contributed by atoms with Crippen molar-refractivity contribution < 1.29 is 14.3 Å². The molecule has 28 heavy (non-hydrogen) atoms. The van der Waals surface area contributed by atoms with Crippen LogP contribution < -0.4 is 0 Å². The van der Waals surface area contributed by atoms with Gasteiger partial charge in [-0.2, -0.15) is 0 Å². The molecule has 1 saturated heterocycles. The monoisotopic (exact) mass is 419 g/mol. The van der Waals surface area contributed by atoms with Crippen molar-refractivity contribution in [2.45, 2.75) is 51.0 Å². The Morgan fingerprint density at radius 3 is 2.79 bits per heavy atom. The Balaban J connectivity index is 1.40. The zero-order valence-electron chi connectivity index (χ0n) is 16.3. The van der Waals surface area contributed by atoms with Crippen LogP contribution >= 0.6 is 23.1 Å². The van der Waals surface area contributed by atoms with Crippen molar-refractivity contribution in [2.24, 2.45) is 5.92 Å². The second kappa shape index (κ2) is 8.37. The van der Waals surface area contributed by atoms with Crippen molar-refractivity contribution >= 4 is 45.2 Å². The highest BCUT2D eigenvalue weighted by molar-refractivity contribution is 8.00. The maximum absolute atomic E-state index is 12.7. The number of nitrogens with zero attached hydrogens (tertiary/aromatic N) is 3. The van der Waals surface area contributed by atoms with Gasteiger partial charge in [-0.25, -0.2) is 9.97 Å². The largest absolute Gasteiger partial charge is 0.466 e. The van der Waals surface area contributed by atoms with E-state index in [1.165, 1.54) is 34.0 Å². The summed E-state index contributed by atoms with van der Waals surface area (Å²) < 4.78 is 5.10. The predicted octanol–water partition coefficient (Wildman–Crippen LogP) is 3.38. The Morgan fingerprint density at radius 2 is 2.04 bits per heavy atom. The highest BCUT2D eigenvalue weighted by atomic mass is 32.2. The van der Waals surface area contributed by atoms with E-state index < -0.39 is 0 Å². The number of hydrogen-bond donors (Lipinski definition) is 0. The molecule has 0 aromatic carbocycles.